The molecule has 1 N–H and O–H groups in total. The quantitative estimate of drug-likeness (QED) is 0.0337. The number of carboxylic acid groups (broad SMARTS) is 1. The van der Waals surface area contributed by atoms with Crippen LogP contribution in [0.4, 0.5) is 31.9 Å². The van der Waals surface area contributed by atoms with Gasteiger partial charge < -0.3 is 50.8 Å². The Labute approximate surface area is 530 Å². The van der Waals surface area contributed by atoms with Crippen LogP contribution in [0.5, 0.6) is 0 Å². The number of ether oxygens (including phenoxy) is 1. The van der Waals surface area contributed by atoms with E-state index in [1.807, 2.05) is 36.4 Å². The summed E-state index contributed by atoms with van der Waals surface area (Å²) < 4.78 is 69.3. The second kappa shape index (κ2) is 35.6. The Morgan fingerprint density at radius 1 is 0.700 bits per heavy atom. The number of carboxylic acids is 1. The van der Waals surface area contributed by atoms with Gasteiger partial charge in [-0.25, -0.2) is 16.8 Å². The molecule has 0 spiro atoms. The number of aliphatic carboxylic acids is 1. The molecule has 0 unspecified atom stereocenters. The van der Waals surface area contributed by atoms with E-state index in [1.54, 1.807) is 76.0 Å². The molecule has 0 bridgehead atoms. The molecular formula is C53H70ClFN6Na2O13S4. The van der Waals surface area contributed by atoms with Gasteiger partial charge in [0.2, 0.25) is 0 Å². The number of carbonyl (C=O) groups excluding carboxylic acids is 4. The van der Waals surface area contributed by atoms with Gasteiger partial charge in [0.05, 0.1) is 52.9 Å². The van der Waals surface area contributed by atoms with Crippen molar-refractivity contribution in [2.45, 2.75) is 67.9 Å². The molecule has 4 heterocycles. The van der Waals surface area contributed by atoms with E-state index in [-0.39, 0.29) is 97.3 Å². The molecule has 4 aromatic rings. The molecule has 2 amide bonds. The van der Waals surface area contributed by atoms with E-state index in [0.717, 1.165) is 115 Å². The van der Waals surface area contributed by atoms with Gasteiger partial charge in [0.1, 0.15) is 0 Å². The molecule has 0 atom stereocenters. The number of hydrogen-bond donors (Lipinski definition) is 1. The van der Waals surface area contributed by atoms with Gasteiger partial charge in [-0.1, -0.05) is 47.8 Å². The zero-order valence-electron chi connectivity index (χ0n) is 48.5. The number of likely N-dealkylation sites (tertiary alicyclic amines) is 2. The van der Waals surface area contributed by atoms with Crippen LogP contribution in [0.15, 0.2) is 114 Å². The Balaban J connectivity index is 0.000000661. The first-order valence-corrected chi connectivity index (χ1v) is 30.5. The number of para-hydroxylation sites is 2. The van der Waals surface area contributed by atoms with Crippen LogP contribution in [0.1, 0.15) is 41.3 Å². The summed E-state index contributed by atoms with van der Waals surface area (Å²) in [5, 5.41) is 17.2. The molecule has 8 rings (SSSR count). The largest absolute Gasteiger partial charge is 1.00 e. The molecule has 4 aromatic carbocycles. The summed E-state index contributed by atoms with van der Waals surface area (Å²) in [6.07, 6.45) is 7.15. The molecule has 0 radical (unpaired) electrons. The normalized spacial score (nSPS) is 14.9. The zero-order valence-corrected chi connectivity index (χ0v) is 54.6. The molecule has 80 heavy (non-hydrogen) atoms. The van der Waals surface area contributed by atoms with Gasteiger partial charge in [-0.2, -0.15) is 0 Å². The van der Waals surface area contributed by atoms with Gasteiger partial charge in [-0.05, 0) is 150 Å². The number of rotatable bonds is 15. The van der Waals surface area contributed by atoms with E-state index >= 15 is 0 Å². The topological polar surface area (TPSA) is 235 Å². The third-order valence-corrected chi connectivity index (χ3v) is 17.7. The van der Waals surface area contributed by atoms with Crippen LogP contribution in [-0.4, -0.2) is 178 Å². The molecule has 4 aliphatic heterocycles. The van der Waals surface area contributed by atoms with Gasteiger partial charge in [0.25, 0.3) is 12.4 Å². The number of fused-ring (bicyclic) bond motifs is 4. The van der Waals surface area contributed by atoms with Crippen molar-refractivity contribution >= 4 is 107 Å². The first-order valence-electron chi connectivity index (χ1n) is 25.4. The van der Waals surface area contributed by atoms with Crippen LogP contribution in [-0.2, 0) is 48.5 Å². The molecule has 0 aliphatic carbocycles. The number of anilines is 4. The predicted molar refractivity (Wildman–Crippen MR) is 299 cm³/mol. The van der Waals surface area contributed by atoms with Crippen LogP contribution in [0.25, 0.3) is 0 Å². The second-order valence-electron chi connectivity index (χ2n) is 18.8. The average molecular weight is 1230 g/mol. The molecule has 19 nitrogen and oxygen atoms in total. The summed E-state index contributed by atoms with van der Waals surface area (Å²) >= 11 is 8.23. The van der Waals surface area contributed by atoms with Crippen LogP contribution >= 0.6 is 35.1 Å². The SMILES string of the molecule is CN(C)C(=O)COC(=O)C1CCN(CCCN2c3ccccc3Sc3ccc(S(C)(=O)=O)cc32)CC1.CN(C)C(=O)Cl.CS(=O)(=O)c1ccc2c(c1)N(CCCN1CCC(C(=O)O)CC1)c1ccccc1S2.O=CO[O-].[2H]CF.[H-].[Na+].[Na+]. The van der Waals surface area contributed by atoms with Gasteiger partial charge in [0.15, 0.2) is 26.3 Å². The summed E-state index contributed by atoms with van der Waals surface area (Å²) in [5.41, 5.74) is 4.06. The van der Waals surface area contributed by atoms with Crippen molar-refractivity contribution in [1.82, 2.24) is 19.6 Å². The number of carbonyl (C=O) groups is 5. The van der Waals surface area contributed by atoms with Crippen LogP contribution in [0.2, 0.25) is 0 Å². The fraction of sp³-hybridized carbons (Fsp3) is 0.453. The van der Waals surface area contributed by atoms with Crippen molar-refractivity contribution < 1.29 is 127 Å². The number of halogens is 2. The van der Waals surface area contributed by atoms with Gasteiger partial charge in [0, 0.05) is 73.4 Å². The Morgan fingerprint density at radius 2 is 1.06 bits per heavy atom. The molecule has 4 aliphatic rings. The van der Waals surface area contributed by atoms with Crippen LogP contribution in [0.3, 0.4) is 0 Å². The molecule has 27 heteroatoms. The van der Waals surface area contributed by atoms with Gasteiger partial charge >= 0.3 is 76.4 Å². The molecule has 2 saturated heterocycles. The van der Waals surface area contributed by atoms with Crippen molar-refractivity contribution in [1.29, 1.82) is 0 Å². The van der Waals surface area contributed by atoms with Crippen molar-refractivity contribution in [3.8, 4) is 0 Å². The number of sulfone groups is 2. The Bertz CT molecular complexity index is 2930. The number of amides is 2. The van der Waals surface area contributed by atoms with Crippen molar-refractivity contribution in [2.24, 2.45) is 11.8 Å². The minimum Gasteiger partial charge on any atom is -1.00 e. The van der Waals surface area contributed by atoms with Crippen molar-refractivity contribution in [3.63, 3.8) is 0 Å². The summed E-state index contributed by atoms with van der Waals surface area (Å²) in [7, 11) is -1.12. The zero-order chi connectivity index (χ0) is 58.5. The molecular weight excluding hydrogens is 1160 g/mol. The molecule has 0 aromatic heterocycles. The Morgan fingerprint density at radius 3 is 1.40 bits per heavy atom. The van der Waals surface area contributed by atoms with Crippen molar-refractivity contribution in [3.05, 3.63) is 84.9 Å². The standard InChI is InChI=1S/C26H33N3O5S2.C22H26N2O4S2.C3H6ClNO.CH3F.CH2O3.2Na.H/c1-27(2)25(30)18-34-26(31)19-11-15-28(16-12-19)13-6-14-29-21-7-4-5-8-23(21)35-24-10-9-20(17-22(24)29)36(3,32)33;1-30(27,28)17-7-8-21-19(15-17)24(18-5-2-3-6-20(18)29-21)12-4-11-23-13-9-16(10-14-23)22(25)26;1-5(2)3(4)6;1-2;2-1-4-3;;;/h4-5,7-10,17,19H,6,11-16,18H2,1-3H3;2-3,5-8,15-16H,4,9-14H2,1H3,(H,25,26);1-2H3;1H3;1,3H;;;/q;;;;;2*+1;-1/p-1/i;;;1D;;;;. The number of nitrogens with zero attached hydrogens (tertiary/aromatic N) is 6. The first-order chi connectivity index (χ1) is 37.4. The van der Waals surface area contributed by atoms with E-state index < -0.39 is 38.2 Å². The number of piperidine rings is 2. The van der Waals surface area contributed by atoms with E-state index in [1.165, 1.54) is 27.2 Å². The number of esters is 1. The van der Waals surface area contributed by atoms with Gasteiger partial charge in [-0.15, -0.1) is 0 Å². The van der Waals surface area contributed by atoms with Crippen LogP contribution in [0, 0.1) is 11.8 Å². The third kappa shape index (κ3) is 22.3. The Kier molecular flexibility index (Phi) is 31.5. The predicted octanol–water partition coefficient (Wildman–Crippen LogP) is 1.35. The van der Waals surface area contributed by atoms with Gasteiger partial charge in [-0.3, -0.25) is 28.4 Å². The third-order valence-electron chi connectivity index (χ3n) is 12.8. The second-order valence-corrected chi connectivity index (χ2v) is 25.3. The van der Waals surface area contributed by atoms with Crippen LogP contribution < -0.4 is 74.2 Å². The Hall–Kier alpha value is -3.47. The smallest absolute Gasteiger partial charge is 1.00 e. The minimum atomic E-state index is -3.30. The molecule has 0 saturated carbocycles. The summed E-state index contributed by atoms with van der Waals surface area (Å²) in [5.74, 6) is -1.57. The first kappa shape index (κ1) is 70.8. The summed E-state index contributed by atoms with van der Waals surface area (Å²) in [4.78, 5) is 73.1. The van der Waals surface area contributed by atoms with E-state index in [2.05, 4.69) is 48.8 Å². The van der Waals surface area contributed by atoms with E-state index in [4.69, 9.17) is 32.9 Å². The fourth-order valence-corrected chi connectivity index (χ4v) is 12.1. The maximum atomic E-state index is 12.3. The number of benzene rings is 4. The van der Waals surface area contributed by atoms with E-state index in [0.29, 0.717) is 22.6 Å². The number of likely N-dealkylation sites (N-methyl/N-ethyl adjacent to an activating group) is 1. The minimum absolute atomic E-state index is 0. The summed E-state index contributed by atoms with van der Waals surface area (Å²) in [6.45, 7) is 6.18. The summed E-state index contributed by atoms with van der Waals surface area (Å²) in [6, 6.07) is 27.1. The average Bonchev–Trinajstić information content (AvgIpc) is 3.42. The number of alkyl halides is 1. The molecule has 2 fully saturated rings. The van der Waals surface area contributed by atoms with Crippen molar-refractivity contribution in [2.75, 3.05) is 117 Å². The maximum absolute atomic E-state index is 12.3. The molecule has 430 valence electrons. The fourth-order valence-electron chi connectivity index (χ4n) is 8.64. The maximum Gasteiger partial charge on any atom is 1.00 e. The number of hydrogen-bond acceptors (Lipinski definition) is 18. The van der Waals surface area contributed by atoms with E-state index in [9.17, 15) is 40.4 Å². The monoisotopic (exact) mass is 1230 g/mol.